The summed E-state index contributed by atoms with van der Waals surface area (Å²) in [4.78, 5) is 18.5. The Morgan fingerprint density at radius 2 is 2.00 bits per heavy atom. The number of rotatable bonds is 9. The highest BCUT2D eigenvalue weighted by atomic mass is 16.5. The van der Waals surface area contributed by atoms with Crippen LogP contribution in [0.2, 0.25) is 0 Å². The third-order valence-corrected chi connectivity index (χ3v) is 6.94. The first-order valence-corrected chi connectivity index (χ1v) is 12.8. The number of amides is 2. The molecular formula is C27H35N7O2. The lowest BCUT2D eigenvalue weighted by atomic mass is 9.89. The van der Waals surface area contributed by atoms with E-state index in [1.54, 1.807) is 12.7 Å². The fourth-order valence-corrected chi connectivity index (χ4v) is 5.03. The summed E-state index contributed by atoms with van der Waals surface area (Å²) in [6.45, 7) is 5.26. The maximum Gasteiger partial charge on any atom is 0.319 e. The molecule has 3 aromatic rings. The van der Waals surface area contributed by atoms with Gasteiger partial charge < -0.3 is 26.0 Å². The Bertz CT molecular complexity index is 1160. The van der Waals surface area contributed by atoms with Crippen LogP contribution in [-0.4, -0.2) is 39.5 Å². The first-order chi connectivity index (χ1) is 17.5. The Balaban J connectivity index is 1.30. The molecule has 0 bridgehead atoms. The van der Waals surface area contributed by atoms with Gasteiger partial charge in [0.1, 0.15) is 18.4 Å². The van der Waals surface area contributed by atoms with Crippen molar-refractivity contribution in [3.63, 3.8) is 0 Å². The van der Waals surface area contributed by atoms with E-state index in [1.807, 2.05) is 36.7 Å². The molecule has 1 aromatic heterocycles. The molecule has 2 amide bonds. The third kappa shape index (κ3) is 5.16. The van der Waals surface area contributed by atoms with Gasteiger partial charge in [-0.2, -0.15) is 5.10 Å². The second-order valence-electron chi connectivity index (χ2n) is 9.92. The van der Waals surface area contributed by atoms with Crippen molar-refractivity contribution < 1.29 is 9.53 Å². The number of ether oxygens (including phenoxy) is 1. The number of anilines is 2. The zero-order valence-corrected chi connectivity index (χ0v) is 20.9. The summed E-state index contributed by atoms with van der Waals surface area (Å²) >= 11 is 0. The van der Waals surface area contributed by atoms with E-state index in [0.717, 1.165) is 35.5 Å². The van der Waals surface area contributed by atoms with Gasteiger partial charge >= 0.3 is 6.03 Å². The van der Waals surface area contributed by atoms with E-state index in [2.05, 4.69) is 49.9 Å². The minimum absolute atomic E-state index is 0.0476. The predicted octanol–water partition coefficient (Wildman–Crippen LogP) is 4.39. The van der Waals surface area contributed by atoms with Crippen molar-refractivity contribution in [1.82, 2.24) is 20.1 Å². The van der Waals surface area contributed by atoms with Crippen LogP contribution < -0.4 is 26.0 Å². The summed E-state index contributed by atoms with van der Waals surface area (Å²) in [5, 5.41) is 9.88. The number of aromatic nitrogens is 3. The molecule has 2 atom stereocenters. The van der Waals surface area contributed by atoms with Crippen molar-refractivity contribution in [3.05, 3.63) is 66.2 Å². The molecule has 0 radical (unpaired) electrons. The van der Waals surface area contributed by atoms with Crippen molar-refractivity contribution >= 4 is 17.4 Å². The summed E-state index contributed by atoms with van der Waals surface area (Å²) in [5.41, 5.74) is 11.1. The second kappa shape index (κ2) is 10.6. The van der Waals surface area contributed by atoms with Gasteiger partial charge in [-0.3, -0.25) is 4.68 Å². The molecule has 9 nitrogen and oxygen atoms in total. The van der Waals surface area contributed by atoms with Gasteiger partial charge in [-0.25, -0.2) is 9.78 Å². The SMILES string of the molecule is CC(C)NC(=O)Nc1ccc(C2C(N)c3ccc(OCCCn4cncn4)cc3N2C2CCC2)cc1. The van der Waals surface area contributed by atoms with Gasteiger partial charge in [0, 0.05) is 42.5 Å². The van der Waals surface area contributed by atoms with Crippen LogP contribution in [0, 0.1) is 0 Å². The molecule has 2 aliphatic rings. The van der Waals surface area contributed by atoms with E-state index >= 15 is 0 Å². The van der Waals surface area contributed by atoms with Crippen molar-refractivity contribution in [3.8, 4) is 5.75 Å². The maximum atomic E-state index is 12.1. The minimum atomic E-state index is -0.201. The molecule has 9 heteroatoms. The van der Waals surface area contributed by atoms with Gasteiger partial charge in [0.15, 0.2) is 0 Å². The van der Waals surface area contributed by atoms with Gasteiger partial charge in [0.25, 0.3) is 0 Å². The molecular weight excluding hydrogens is 454 g/mol. The van der Waals surface area contributed by atoms with E-state index in [0.29, 0.717) is 12.6 Å². The van der Waals surface area contributed by atoms with Crippen LogP contribution in [-0.2, 0) is 6.54 Å². The molecule has 2 aromatic carbocycles. The van der Waals surface area contributed by atoms with Gasteiger partial charge in [0.2, 0.25) is 0 Å². The highest BCUT2D eigenvalue weighted by molar-refractivity contribution is 5.89. The van der Waals surface area contributed by atoms with Crippen LogP contribution in [0.4, 0.5) is 16.2 Å². The van der Waals surface area contributed by atoms with Crippen molar-refractivity contribution in [1.29, 1.82) is 0 Å². The molecule has 4 N–H and O–H groups in total. The molecule has 2 unspecified atom stereocenters. The second-order valence-corrected chi connectivity index (χ2v) is 9.92. The largest absolute Gasteiger partial charge is 0.493 e. The van der Waals surface area contributed by atoms with Crippen molar-refractivity contribution in [2.24, 2.45) is 5.73 Å². The minimum Gasteiger partial charge on any atom is -0.493 e. The highest BCUT2D eigenvalue weighted by Gasteiger charge is 2.42. The van der Waals surface area contributed by atoms with Gasteiger partial charge in [0.05, 0.1) is 18.7 Å². The number of carbonyl (C=O) groups excluding carboxylic acids is 1. The zero-order chi connectivity index (χ0) is 25.1. The first-order valence-electron chi connectivity index (χ1n) is 12.8. The average molecular weight is 490 g/mol. The number of hydrogen-bond donors (Lipinski definition) is 3. The Morgan fingerprint density at radius 1 is 1.19 bits per heavy atom. The number of nitrogens with zero attached hydrogens (tertiary/aromatic N) is 4. The Labute approximate surface area is 212 Å². The number of aryl methyl sites for hydroxylation is 1. The fourth-order valence-electron chi connectivity index (χ4n) is 5.03. The molecule has 36 heavy (non-hydrogen) atoms. The Morgan fingerprint density at radius 3 is 2.67 bits per heavy atom. The Kier molecular flexibility index (Phi) is 7.09. The summed E-state index contributed by atoms with van der Waals surface area (Å²) in [5.74, 6) is 0.861. The molecule has 1 aliphatic heterocycles. The normalized spacial score (nSPS) is 19.2. The molecule has 0 spiro atoms. The first kappa shape index (κ1) is 24.1. The number of fused-ring (bicyclic) bond motifs is 1. The van der Waals surface area contributed by atoms with Crippen molar-refractivity contribution in [2.45, 2.75) is 70.2 Å². The number of hydrogen-bond acceptors (Lipinski definition) is 6. The lowest BCUT2D eigenvalue weighted by molar-refractivity contribution is 0.250. The lowest BCUT2D eigenvalue weighted by Gasteiger charge is -2.41. The fraction of sp³-hybridized carbons (Fsp3) is 0.444. The summed E-state index contributed by atoms with van der Waals surface area (Å²) in [7, 11) is 0. The van der Waals surface area contributed by atoms with E-state index in [-0.39, 0.29) is 24.2 Å². The van der Waals surface area contributed by atoms with Gasteiger partial charge in [-0.05, 0) is 62.4 Å². The molecule has 1 aliphatic carbocycles. The van der Waals surface area contributed by atoms with Crippen LogP contribution in [0.3, 0.4) is 0 Å². The van der Waals surface area contributed by atoms with Gasteiger partial charge in [-0.1, -0.05) is 18.2 Å². The number of urea groups is 1. The number of benzene rings is 2. The average Bonchev–Trinajstić information content (AvgIpc) is 3.43. The predicted molar refractivity (Wildman–Crippen MR) is 140 cm³/mol. The summed E-state index contributed by atoms with van der Waals surface area (Å²) < 4.78 is 7.90. The van der Waals surface area contributed by atoms with Crippen LogP contribution in [0.15, 0.2) is 55.1 Å². The van der Waals surface area contributed by atoms with Crippen LogP contribution in [0.1, 0.15) is 62.7 Å². The molecule has 0 saturated heterocycles. The van der Waals surface area contributed by atoms with E-state index in [9.17, 15) is 4.79 Å². The van der Waals surface area contributed by atoms with Crippen LogP contribution in [0.5, 0.6) is 5.75 Å². The van der Waals surface area contributed by atoms with E-state index in [4.69, 9.17) is 10.5 Å². The Hall–Kier alpha value is -3.59. The smallest absolute Gasteiger partial charge is 0.319 e. The zero-order valence-electron chi connectivity index (χ0n) is 20.9. The number of nitrogens with two attached hydrogens (primary N) is 1. The molecule has 190 valence electrons. The topological polar surface area (TPSA) is 110 Å². The number of carbonyl (C=O) groups is 1. The van der Waals surface area contributed by atoms with Crippen molar-refractivity contribution in [2.75, 3.05) is 16.8 Å². The van der Waals surface area contributed by atoms with E-state index < -0.39 is 0 Å². The molecule has 5 rings (SSSR count). The van der Waals surface area contributed by atoms with Crippen LogP contribution >= 0.6 is 0 Å². The molecule has 1 fully saturated rings. The highest BCUT2D eigenvalue weighted by Crippen LogP contribution is 2.51. The summed E-state index contributed by atoms with van der Waals surface area (Å²) in [6.07, 6.45) is 7.69. The number of nitrogens with one attached hydrogen (secondary N) is 2. The standard InChI is InChI=1S/C27H35N7O2/c1-18(2)31-27(35)32-20-9-7-19(8-10-20)26-25(28)23-12-11-22(15-24(23)34(26)21-5-3-6-21)36-14-4-13-33-17-29-16-30-33/h7-12,15-18,21,25-26H,3-6,13-14,28H2,1-2H3,(H2,31,32,35). The quantitative estimate of drug-likeness (QED) is 0.385. The maximum absolute atomic E-state index is 12.1. The molecule has 1 saturated carbocycles. The lowest BCUT2D eigenvalue weighted by Crippen LogP contribution is -2.42. The monoisotopic (exact) mass is 489 g/mol. The summed E-state index contributed by atoms with van der Waals surface area (Å²) in [6, 6.07) is 14.6. The molecule has 2 heterocycles. The van der Waals surface area contributed by atoms with Gasteiger partial charge in [-0.15, -0.1) is 0 Å². The van der Waals surface area contributed by atoms with Crippen LogP contribution in [0.25, 0.3) is 0 Å². The van der Waals surface area contributed by atoms with E-state index in [1.165, 1.54) is 24.9 Å². The third-order valence-electron chi connectivity index (χ3n) is 6.94.